The second-order valence-corrected chi connectivity index (χ2v) is 11.3. The molecule has 9 heteroatoms. The van der Waals surface area contributed by atoms with Gasteiger partial charge in [-0.25, -0.2) is 4.98 Å². The van der Waals surface area contributed by atoms with Crippen molar-refractivity contribution < 1.29 is 0 Å². The summed E-state index contributed by atoms with van der Waals surface area (Å²) in [4.78, 5) is 10.1. The highest BCUT2D eigenvalue weighted by Crippen LogP contribution is 2.40. The minimum atomic E-state index is -0.0205. The van der Waals surface area contributed by atoms with E-state index in [1.165, 1.54) is 11.8 Å². The number of hydrogen-bond donors (Lipinski definition) is 0. The van der Waals surface area contributed by atoms with Gasteiger partial charge in [0.2, 0.25) is 5.16 Å². The topological polar surface area (TPSA) is 56.5 Å². The van der Waals surface area contributed by atoms with Gasteiger partial charge in [0.05, 0.1) is 26.2 Å². The summed E-state index contributed by atoms with van der Waals surface area (Å²) >= 11 is 8.44. The molecule has 0 unspecified atom stereocenters. The van der Waals surface area contributed by atoms with Crippen LogP contribution in [-0.4, -0.2) is 24.7 Å². The Hall–Kier alpha value is -1.55. The van der Waals surface area contributed by atoms with Gasteiger partial charge in [-0.2, -0.15) is 0 Å². The van der Waals surface area contributed by atoms with Gasteiger partial charge in [0.25, 0.3) is 0 Å². The van der Waals surface area contributed by atoms with Gasteiger partial charge in [-0.1, -0.05) is 38.2 Å². The molecule has 0 aromatic carbocycles. The number of halogens is 1. The van der Waals surface area contributed by atoms with Crippen molar-refractivity contribution in [1.29, 1.82) is 0 Å². The quantitative estimate of drug-likeness (QED) is 0.357. The first-order chi connectivity index (χ1) is 12.9. The van der Waals surface area contributed by atoms with Crippen molar-refractivity contribution in [1.82, 2.24) is 24.7 Å². The van der Waals surface area contributed by atoms with E-state index in [0.29, 0.717) is 0 Å². The highest BCUT2D eigenvalue weighted by Gasteiger charge is 2.24. The van der Waals surface area contributed by atoms with Crippen molar-refractivity contribution in [3.63, 3.8) is 0 Å². The van der Waals surface area contributed by atoms with Crippen LogP contribution < -0.4 is 0 Å². The monoisotopic (exact) mass is 477 g/mol. The van der Waals surface area contributed by atoms with Gasteiger partial charge in [0.1, 0.15) is 0 Å². The van der Waals surface area contributed by atoms with Crippen molar-refractivity contribution in [3.8, 4) is 16.4 Å². The molecule has 0 saturated carbocycles. The van der Waals surface area contributed by atoms with Crippen LogP contribution in [0.15, 0.2) is 55.3 Å². The second-order valence-electron chi connectivity index (χ2n) is 6.78. The number of nitrogens with zero attached hydrogens (tertiary/aromatic N) is 5. The van der Waals surface area contributed by atoms with Gasteiger partial charge in [-0.05, 0) is 51.3 Å². The molecule has 0 aliphatic rings. The van der Waals surface area contributed by atoms with E-state index in [1.807, 2.05) is 40.4 Å². The van der Waals surface area contributed by atoms with Gasteiger partial charge >= 0.3 is 0 Å². The van der Waals surface area contributed by atoms with Gasteiger partial charge < -0.3 is 0 Å². The molecule has 27 heavy (non-hydrogen) atoms. The average molecular weight is 478 g/mol. The van der Waals surface area contributed by atoms with Crippen LogP contribution in [0.4, 0.5) is 0 Å². The van der Waals surface area contributed by atoms with Crippen LogP contribution in [0, 0.1) is 0 Å². The Balaban J connectivity index is 1.78. The Kier molecular flexibility index (Phi) is 5.19. The van der Waals surface area contributed by atoms with E-state index < -0.39 is 0 Å². The molecule has 4 aromatic heterocycles. The minimum absolute atomic E-state index is 0.0205. The lowest BCUT2D eigenvalue weighted by molar-refractivity contribution is 0.566. The van der Waals surface area contributed by atoms with Crippen molar-refractivity contribution >= 4 is 50.4 Å². The lowest BCUT2D eigenvalue weighted by atomic mass is 9.93. The van der Waals surface area contributed by atoms with Crippen LogP contribution in [0.5, 0.6) is 0 Å². The van der Waals surface area contributed by atoms with Gasteiger partial charge in [-0.3, -0.25) is 9.55 Å². The molecule has 4 heterocycles. The first-order valence-corrected chi connectivity index (χ1v) is 11.5. The maximum atomic E-state index is 4.82. The first-order valence-electron chi connectivity index (χ1n) is 8.18. The van der Waals surface area contributed by atoms with Crippen LogP contribution >= 0.6 is 50.4 Å². The van der Waals surface area contributed by atoms with Crippen LogP contribution in [0.25, 0.3) is 16.4 Å². The number of rotatable bonds is 4. The Labute approximate surface area is 178 Å². The summed E-state index contributed by atoms with van der Waals surface area (Å²) in [7, 11) is 0. The molecule has 0 aliphatic carbocycles. The van der Waals surface area contributed by atoms with E-state index in [2.05, 4.69) is 51.9 Å². The molecule has 0 radical (unpaired) electrons. The van der Waals surface area contributed by atoms with E-state index in [4.69, 9.17) is 4.98 Å². The molecule has 0 atom stereocenters. The Bertz CT molecular complexity index is 1050. The molecular formula is C18H16BrN5S3. The normalized spacial score (nSPS) is 11.9. The van der Waals surface area contributed by atoms with Crippen LogP contribution in [-0.2, 0) is 5.41 Å². The molecular weight excluding hydrogens is 462 g/mol. The predicted octanol–water partition coefficient (Wildman–Crippen LogP) is 6.06. The first kappa shape index (κ1) is 18.8. The van der Waals surface area contributed by atoms with Crippen LogP contribution in [0.1, 0.15) is 26.5 Å². The molecule has 5 nitrogen and oxygen atoms in total. The number of pyridine rings is 1. The lowest BCUT2D eigenvalue weighted by Gasteiger charge is -2.15. The molecule has 0 spiro atoms. The SMILES string of the molecule is CC(C)(C)c1nc(Sc2nnc(-c3cccs3)n2-c2cccnc2)sc1Br. The fourth-order valence-electron chi connectivity index (χ4n) is 2.49. The summed E-state index contributed by atoms with van der Waals surface area (Å²) in [6.07, 6.45) is 3.59. The summed E-state index contributed by atoms with van der Waals surface area (Å²) < 4.78 is 4.03. The summed E-state index contributed by atoms with van der Waals surface area (Å²) in [5.74, 6) is 0.812. The fourth-order valence-corrected chi connectivity index (χ4v) is 6.69. The predicted molar refractivity (Wildman–Crippen MR) is 115 cm³/mol. The standard InChI is InChI=1S/C18H16BrN5S3/c1-18(2,3)13-14(19)26-17(21-13)27-16-23-22-15(12-7-5-9-25-12)24(16)11-6-4-8-20-10-11/h4-10H,1-3H3. The zero-order chi connectivity index (χ0) is 19.0. The highest BCUT2D eigenvalue weighted by atomic mass is 79.9. The Morgan fingerprint density at radius 2 is 2.00 bits per heavy atom. The zero-order valence-electron chi connectivity index (χ0n) is 14.9. The Morgan fingerprint density at radius 1 is 1.15 bits per heavy atom. The molecule has 4 aromatic rings. The van der Waals surface area contributed by atoms with Gasteiger partial charge in [-0.15, -0.1) is 21.5 Å². The van der Waals surface area contributed by atoms with E-state index in [0.717, 1.165) is 35.4 Å². The van der Waals surface area contributed by atoms with Crippen molar-refractivity contribution in [3.05, 3.63) is 51.5 Å². The maximum Gasteiger partial charge on any atom is 0.203 e. The van der Waals surface area contributed by atoms with E-state index >= 15 is 0 Å². The summed E-state index contributed by atoms with van der Waals surface area (Å²) in [5, 5.41) is 11.7. The third-order valence-electron chi connectivity index (χ3n) is 3.73. The van der Waals surface area contributed by atoms with E-state index in [1.54, 1.807) is 28.9 Å². The molecule has 0 fully saturated rings. The molecule has 0 bridgehead atoms. The van der Waals surface area contributed by atoms with Crippen molar-refractivity contribution in [2.75, 3.05) is 0 Å². The molecule has 0 saturated heterocycles. The Morgan fingerprint density at radius 3 is 2.63 bits per heavy atom. The molecule has 0 amide bonds. The smallest absolute Gasteiger partial charge is 0.203 e. The van der Waals surface area contributed by atoms with Crippen LogP contribution in [0.2, 0.25) is 0 Å². The van der Waals surface area contributed by atoms with Crippen molar-refractivity contribution in [2.24, 2.45) is 0 Å². The number of aromatic nitrogens is 5. The summed E-state index contributed by atoms with van der Waals surface area (Å²) in [5.41, 5.74) is 1.97. The molecule has 138 valence electrons. The molecule has 0 aliphatic heterocycles. The van der Waals surface area contributed by atoms with E-state index in [-0.39, 0.29) is 5.41 Å². The van der Waals surface area contributed by atoms with Gasteiger partial charge in [0.15, 0.2) is 10.2 Å². The summed E-state index contributed by atoms with van der Waals surface area (Å²) in [6, 6.07) is 7.99. The summed E-state index contributed by atoms with van der Waals surface area (Å²) in [6.45, 7) is 6.48. The minimum Gasteiger partial charge on any atom is -0.267 e. The largest absolute Gasteiger partial charge is 0.267 e. The number of hydrogen-bond acceptors (Lipinski definition) is 7. The van der Waals surface area contributed by atoms with Gasteiger partial charge in [0, 0.05) is 11.6 Å². The van der Waals surface area contributed by atoms with Crippen LogP contribution in [0.3, 0.4) is 0 Å². The lowest BCUT2D eigenvalue weighted by Crippen LogP contribution is -2.12. The maximum absolute atomic E-state index is 4.82. The van der Waals surface area contributed by atoms with Crippen molar-refractivity contribution in [2.45, 2.75) is 35.7 Å². The number of thiazole rings is 1. The average Bonchev–Trinajstić information content (AvgIpc) is 3.35. The fraction of sp³-hybridized carbons (Fsp3) is 0.222. The zero-order valence-corrected chi connectivity index (χ0v) is 18.9. The third-order valence-corrected chi connectivity index (χ3v) is 7.31. The highest BCUT2D eigenvalue weighted by molar-refractivity contribution is 9.11. The molecule has 0 N–H and O–H groups in total. The number of thiophene rings is 1. The van der Waals surface area contributed by atoms with E-state index in [9.17, 15) is 0 Å². The molecule has 4 rings (SSSR count). The third kappa shape index (κ3) is 3.87. The second kappa shape index (κ2) is 7.46.